The fourth-order valence-electron chi connectivity index (χ4n) is 8.45. The number of allylic oxidation sites excluding steroid dienone is 14. The quantitative estimate of drug-likeness (QED) is 0.0261. The van der Waals surface area contributed by atoms with E-state index in [9.17, 15) is 14.4 Å². The molecule has 0 rings (SSSR count). The van der Waals surface area contributed by atoms with Crippen LogP contribution in [-0.4, -0.2) is 37.2 Å². The van der Waals surface area contributed by atoms with E-state index in [1.165, 1.54) is 141 Å². The lowest BCUT2D eigenvalue weighted by atomic mass is 10.1. The van der Waals surface area contributed by atoms with Crippen LogP contribution in [0.25, 0.3) is 0 Å². The predicted molar refractivity (Wildman–Crippen MR) is 311 cm³/mol. The van der Waals surface area contributed by atoms with Crippen LogP contribution in [0.5, 0.6) is 0 Å². The largest absolute Gasteiger partial charge is 0.462 e. The molecule has 0 N–H and O–H groups in total. The van der Waals surface area contributed by atoms with Crippen molar-refractivity contribution in [1.82, 2.24) is 0 Å². The van der Waals surface area contributed by atoms with Crippen LogP contribution < -0.4 is 0 Å². The normalized spacial score (nSPS) is 12.7. The van der Waals surface area contributed by atoms with Crippen molar-refractivity contribution in [2.45, 2.75) is 303 Å². The minimum atomic E-state index is -0.794. The van der Waals surface area contributed by atoms with Crippen LogP contribution in [0.1, 0.15) is 297 Å². The molecule has 0 aliphatic rings. The molecule has 0 aromatic rings. The third-order valence-corrected chi connectivity index (χ3v) is 13.1. The van der Waals surface area contributed by atoms with E-state index in [-0.39, 0.29) is 31.1 Å². The molecule has 0 radical (unpaired) electrons. The molecule has 0 bridgehead atoms. The summed E-state index contributed by atoms with van der Waals surface area (Å²) in [5.74, 6) is -0.916. The Hall–Kier alpha value is -3.41. The molecule has 72 heavy (non-hydrogen) atoms. The van der Waals surface area contributed by atoms with Crippen molar-refractivity contribution in [3.8, 4) is 0 Å². The van der Waals surface area contributed by atoms with Crippen LogP contribution in [0, 0.1) is 0 Å². The summed E-state index contributed by atoms with van der Waals surface area (Å²) in [5, 5.41) is 0. The Morgan fingerprint density at radius 2 is 0.500 bits per heavy atom. The Labute approximate surface area is 445 Å². The van der Waals surface area contributed by atoms with E-state index in [2.05, 4.69) is 106 Å². The molecular weight excluding hydrogens is 889 g/mol. The van der Waals surface area contributed by atoms with Gasteiger partial charge in [-0.1, -0.05) is 241 Å². The van der Waals surface area contributed by atoms with Gasteiger partial charge < -0.3 is 14.2 Å². The molecule has 6 nitrogen and oxygen atoms in total. The lowest BCUT2D eigenvalue weighted by Gasteiger charge is -2.18. The van der Waals surface area contributed by atoms with Crippen molar-refractivity contribution in [2.75, 3.05) is 13.2 Å². The monoisotopic (exact) mass is 1000 g/mol. The maximum Gasteiger partial charge on any atom is 0.306 e. The summed E-state index contributed by atoms with van der Waals surface area (Å²) < 4.78 is 16.9. The second-order valence-corrected chi connectivity index (χ2v) is 20.2. The summed E-state index contributed by atoms with van der Waals surface area (Å²) in [7, 11) is 0. The van der Waals surface area contributed by atoms with Crippen molar-refractivity contribution < 1.29 is 28.6 Å². The zero-order chi connectivity index (χ0) is 52.2. The van der Waals surface area contributed by atoms with Gasteiger partial charge in [0.05, 0.1) is 0 Å². The van der Waals surface area contributed by atoms with Crippen molar-refractivity contribution in [3.05, 3.63) is 85.1 Å². The highest BCUT2D eigenvalue weighted by Crippen LogP contribution is 2.15. The van der Waals surface area contributed by atoms with E-state index < -0.39 is 6.10 Å². The van der Waals surface area contributed by atoms with E-state index in [0.717, 1.165) is 116 Å². The second kappa shape index (κ2) is 60.1. The zero-order valence-electron chi connectivity index (χ0n) is 47.4. The van der Waals surface area contributed by atoms with Crippen molar-refractivity contribution in [2.24, 2.45) is 0 Å². The molecule has 0 fully saturated rings. The Balaban J connectivity index is 4.43. The van der Waals surface area contributed by atoms with Gasteiger partial charge in [-0.15, -0.1) is 0 Å². The number of rotatable bonds is 55. The van der Waals surface area contributed by atoms with Crippen LogP contribution in [0.15, 0.2) is 85.1 Å². The lowest BCUT2D eigenvalue weighted by molar-refractivity contribution is -0.167. The topological polar surface area (TPSA) is 78.9 Å². The SMILES string of the molecule is CCCCC/C=C\C/C=C\CCCCCCCC(=O)OCC(COC(=O)CCCCCCCC/C=C\C/C=C\C/C=C\CCCCCCC)OC(=O)CCCCCCCCC/C=C\C/C=C\CCCCCC. The van der Waals surface area contributed by atoms with Gasteiger partial charge in [0, 0.05) is 19.3 Å². The standard InChI is InChI=1S/C66H114O6/c1-4-7-10-13-16-19-22-25-28-30-32-33-34-36-38-41-44-47-50-53-56-59-65(68)71-62-63(61-70-64(67)58-55-52-49-46-43-40-37-27-24-21-18-15-12-9-6-3)72-66(69)60-57-54-51-48-45-42-39-35-31-29-26-23-20-17-14-11-8-5-2/h18,20-23,25,27,29-32,34,36-37,63H,4-17,19,24,26,28,33,35,38-62H2,1-3H3/b21-18-,23-20-,25-22-,31-29-,32-30-,36-34-,37-27-. The summed E-state index contributed by atoms with van der Waals surface area (Å²) in [5.41, 5.74) is 0. The van der Waals surface area contributed by atoms with Crippen molar-refractivity contribution in [1.29, 1.82) is 0 Å². The summed E-state index contributed by atoms with van der Waals surface area (Å²) >= 11 is 0. The number of hydrogen-bond donors (Lipinski definition) is 0. The van der Waals surface area contributed by atoms with Gasteiger partial charge in [-0.05, 0) is 122 Å². The third-order valence-electron chi connectivity index (χ3n) is 13.1. The maximum atomic E-state index is 12.9. The van der Waals surface area contributed by atoms with Gasteiger partial charge in [0.15, 0.2) is 6.10 Å². The van der Waals surface area contributed by atoms with Gasteiger partial charge in [0.2, 0.25) is 0 Å². The first-order chi connectivity index (χ1) is 35.5. The Morgan fingerprint density at radius 3 is 0.819 bits per heavy atom. The fourth-order valence-corrected chi connectivity index (χ4v) is 8.45. The molecular formula is C66H114O6. The zero-order valence-corrected chi connectivity index (χ0v) is 47.4. The molecule has 0 heterocycles. The Kier molecular flexibility index (Phi) is 57.3. The Morgan fingerprint density at radius 1 is 0.278 bits per heavy atom. The van der Waals surface area contributed by atoms with Crippen LogP contribution in [-0.2, 0) is 28.6 Å². The molecule has 0 saturated carbocycles. The number of unbranched alkanes of at least 4 members (excludes halogenated alkanes) is 30. The van der Waals surface area contributed by atoms with E-state index in [4.69, 9.17) is 14.2 Å². The number of carbonyl (C=O) groups excluding carboxylic acids is 3. The summed E-state index contributed by atoms with van der Waals surface area (Å²) in [6, 6.07) is 0. The molecule has 0 spiro atoms. The smallest absolute Gasteiger partial charge is 0.306 e. The molecule has 0 saturated heterocycles. The van der Waals surface area contributed by atoms with Crippen molar-refractivity contribution in [3.63, 3.8) is 0 Å². The fraction of sp³-hybridized carbons (Fsp3) is 0.742. The van der Waals surface area contributed by atoms with Crippen LogP contribution in [0.4, 0.5) is 0 Å². The molecule has 414 valence electrons. The van der Waals surface area contributed by atoms with Gasteiger partial charge >= 0.3 is 17.9 Å². The van der Waals surface area contributed by atoms with E-state index in [1.807, 2.05) is 0 Å². The minimum Gasteiger partial charge on any atom is -0.462 e. The highest BCUT2D eigenvalue weighted by Gasteiger charge is 2.19. The van der Waals surface area contributed by atoms with Crippen LogP contribution in [0.3, 0.4) is 0 Å². The number of esters is 3. The highest BCUT2D eigenvalue weighted by atomic mass is 16.6. The van der Waals surface area contributed by atoms with Gasteiger partial charge in [-0.2, -0.15) is 0 Å². The molecule has 0 aromatic heterocycles. The first kappa shape index (κ1) is 68.6. The van der Waals surface area contributed by atoms with E-state index in [1.54, 1.807) is 0 Å². The van der Waals surface area contributed by atoms with Gasteiger partial charge in [0.25, 0.3) is 0 Å². The number of ether oxygens (including phenoxy) is 3. The number of carbonyl (C=O) groups is 3. The van der Waals surface area contributed by atoms with Gasteiger partial charge in [-0.3, -0.25) is 14.4 Å². The molecule has 0 aliphatic carbocycles. The first-order valence-electron chi connectivity index (χ1n) is 30.6. The molecule has 0 amide bonds. The molecule has 6 heteroatoms. The minimum absolute atomic E-state index is 0.0911. The second-order valence-electron chi connectivity index (χ2n) is 20.2. The van der Waals surface area contributed by atoms with E-state index in [0.29, 0.717) is 19.3 Å². The first-order valence-corrected chi connectivity index (χ1v) is 30.6. The molecule has 0 aromatic carbocycles. The average molecular weight is 1000 g/mol. The molecule has 1 atom stereocenters. The van der Waals surface area contributed by atoms with Crippen LogP contribution in [0.2, 0.25) is 0 Å². The Bertz CT molecular complexity index is 1380. The summed E-state index contributed by atoms with van der Waals surface area (Å²) in [4.78, 5) is 38.3. The van der Waals surface area contributed by atoms with Gasteiger partial charge in [-0.25, -0.2) is 0 Å². The number of hydrogen-bond acceptors (Lipinski definition) is 6. The third kappa shape index (κ3) is 57.5. The highest BCUT2D eigenvalue weighted by molar-refractivity contribution is 5.71. The van der Waals surface area contributed by atoms with Gasteiger partial charge in [0.1, 0.15) is 13.2 Å². The summed E-state index contributed by atoms with van der Waals surface area (Å²) in [6.45, 7) is 6.58. The van der Waals surface area contributed by atoms with Crippen LogP contribution >= 0.6 is 0 Å². The lowest BCUT2D eigenvalue weighted by Crippen LogP contribution is -2.30. The van der Waals surface area contributed by atoms with Crippen molar-refractivity contribution >= 4 is 17.9 Å². The predicted octanol–water partition coefficient (Wildman–Crippen LogP) is 20.7. The molecule has 1 unspecified atom stereocenters. The summed E-state index contributed by atoms with van der Waals surface area (Å²) in [6.07, 6.45) is 78.5. The molecule has 0 aliphatic heterocycles. The average Bonchev–Trinajstić information content (AvgIpc) is 3.38. The maximum absolute atomic E-state index is 12.9. The van der Waals surface area contributed by atoms with E-state index >= 15 is 0 Å².